The number of hydrogen-bond acceptors (Lipinski definition) is 4. The zero-order chi connectivity index (χ0) is 10.8. The van der Waals surface area contributed by atoms with Gasteiger partial charge in [-0.2, -0.15) is 17.0 Å². The molecule has 0 aliphatic carbocycles. The molecule has 3 nitrogen and oxygen atoms in total. The molecule has 0 radical (unpaired) electrons. The number of nitriles is 1. The molecule has 0 amide bonds. The minimum absolute atomic E-state index is 0.0339. The minimum atomic E-state index is -0.0339. The van der Waals surface area contributed by atoms with E-state index in [2.05, 4.69) is 18.3 Å². The second-order valence-electron chi connectivity index (χ2n) is 3.29. The summed E-state index contributed by atoms with van der Waals surface area (Å²) in [6, 6.07) is 2.21. The molecule has 0 aromatic heterocycles. The highest BCUT2D eigenvalue weighted by Gasteiger charge is 2.07. The monoisotopic (exact) mass is 216 g/mol. The molecule has 2 unspecified atom stereocenters. The van der Waals surface area contributed by atoms with Gasteiger partial charge in [-0.15, -0.1) is 0 Å². The van der Waals surface area contributed by atoms with Crippen LogP contribution in [0.3, 0.4) is 0 Å². The van der Waals surface area contributed by atoms with Gasteiger partial charge >= 0.3 is 0 Å². The van der Waals surface area contributed by atoms with E-state index in [-0.39, 0.29) is 17.9 Å². The fraction of sp³-hybridized carbons (Fsp3) is 0.900. The maximum atomic E-state index is 8.80. The summed E-state index contributed by atoms with van der Waals surface area (Å²) in [5, 5.41) is 21.1. The van der Waals surface area contributed by atoms with Crippen molar-refractivity contribution in [3.8, 4) is 6.07 Å². The van der Waals surface area contributed by atoms with E-state index < -0.39 is 0 Å². The van der Waals surface area contributed by atoms with Crippen LogP contribution in [0.1, 0.15) is 26.7 Å². The lowest BCUT2D eigenvalue weighted by Crippen LogP contribution is -2.28. The summed E-state index contributed by atoms with van der Waals surface area (Å²) in [6.07, 6.45) is 1.91. The third-order valence-corrected chi connectivity index (χ3v) is 3.05. The average Bonchev–Trinajstić information content (AvgIpc) is 2.22. The largest absolute Gasteiger partial charge is 0.395 e. The number of aliphatic hydroxyl groups excluding tert-OH is 1. The van der Waals surface area contributed by atoms with Gasteiger partial charge in [0, 0.05) is 5.25 Å². The van der Waals surface area contributed by atoms with Crippen molar-refractivity contribution < 1.29 is 5.11 Å². The summed E-state index contributed by atoms with van der Waals surface area (Å²) in [5.41, 5.74) is 0. The molecular formula is C10H20N2OS. The first-order valence-electron chi connectivity index (χ1n) is 5.10. The van der Waals surface area contributed by atoms with Crippen molar-refractivity contribution in [3.05, 3.63) is 0 Å². The Balaban J connectivity index is 3.48. The predicted octanol–water partition coefficient (Wildman–Crippen LogP) is 1.38. The third-order valence-electron chi connectivity index (χ3n) is 1.86. The zero-order valence-electron chi connectivity index (χ0n) is 8.99. The quantitative estimate of drug-likeness (QED) is 0.643. The van der Waals surface area contributed by atoms with E-state index >= 15 is 0 Å². The number of nitrogens with one attached hydrogen (secondary N) is 1. The number of hydrogen-bond donors (Lipinski definition) is 2. The van der Waals surface area contributed by atoms with Gasteiger partial charge in [0.15, 0.2) is 0 Å². The van der Waals surface area contributed by atoms with Gasteiger partial charge in [-0.1, -0.05) is 13.8 Å². The van der Waals surface area contributed by atoms with Crippen molar-refractivity contribution >= 4 is 11.8 Å². The van der Waals surface area contributed by atoms with Gasteiger partial charge in [0.1, 0.15) is 0 Å². The van der Waals surface area contributed by atoms with Crippen molar-refractivity contribution in [2.45, 2.75) is 38.0 Å². The van der Waals surface area contributed by atoms with Crippen molar-refractivity contribution in [2.24, 2.45) is 0 Å². The molecule has 0 bridgehead atoms. The molecule has 0 spiro atoms. The maximum absolute atomic E-state index is 8.80. The Hall–Kier alpha value is -0.240. The van der Waals surface area contributed by atoms with Crippen molar-refractivity contribution in [1.29, 1.82) is 5.26 Å². The molecule has 0 saturated heterocycles. The van der Waals surface area contributed by atoms with Crippen molar-refractivity contribution in [2.75, 3.05) is 18.9 Å². The Morgan fingerprint density at radius 2 is 2.29 bits per heavy atom. The van der Waals surface area contributed by atoms with Gasteiger partial charge in [-0.25, -0.2) is 0 Å². The smallest absolute Gasteiger partial charge is 0.0960 e. The molecule has 82 valence electrons. The van der Waals surface area contributed by atoms with Crippen LogP contribution in [0, 0.1) is 11.3 Å². The molecule has 0 fully saturated rings. The van der Waals surface area contributed by atoms with Crippen molar-refractivity contribution in [1.82, 2.24) is 5.32 Å². The first-order valence-corrected chi connectivity index (χ1v) is 6.14. The van der Waals surface area contributed by atoms with Crippen LogP contribution in [0.5, 0.6) is 0 Å². The summed E-state index contributed by atoms with van der Waals surface area (Å²) < 4.78 is 0. The Kier molecular flexibility index (Phi) is 9.16. The van der Waals surface area contributed by atoms with Crippen LogP contribution in [0.25, 0.3) is 0 Å². The van der Waals surface area contributed by atoms with E-state index in [0.29, 0.717) is 0 Å². The van der Waals surface area contributed by atoms with Crippen LogP contribution < -0.4 is 5.32 Å². The van der Waals surface area contributed by atoms with Gasteiger partial charge in [-0.3, -0.25) is 0 Å². The van der Waals surface area contributed by atoms with Crippen LogP contribution in [0.2, 0.25) is 0 Å². The second-order valence-corrected chi connectivity index (χ2v) is 4.83. The van der Waals surface area contributed by atoms with E-state index in [1.807, 2.05) is 6.92 Å². The summed E-state index contributed by atoms with van der Waals surface area (Å²) in [7, 11) is 0. The highest BCUT2D eigenvalue weighted by atomic mass is 32.2. The Bertz CT molecular complexity index is 170. The topological polar surface area (TPSA) is 56.0 Å². The maximum Gasteiger partial charge on any atom is 0.0960 e. The Labute approximate surface area is 90.9 Å². The number of aliphatic hydroxyl groups is 1. The van der Waals surface area contributed by atoms with Gasteiger partial charge in [0.25, 0.3) is 0 Å². The molecule has 0 aliphatic rings. The zero-order valence-corrected chi connectivity index (χ0v) is 9.81. The summed E-state index contributed by atoms with van der Waals surface area (Å²) in [5.74, 6) is 0.927. The Morgan fingerprint density at radius 3 is 2.79 bits per heavy atom. The molecule has 0 aliphatic heterocycles. The molecule has 2 atom stereocenters. The molecule has 14 heavy (non-hydrogen) atoms. The lowest BCUT2D eigenvalue weighted by Gasteiger charge is -2.11. The summed E-state index contributed by atoms with van der Waals surface area (Å²) in [6.45, 7) is 5.19. The number of thioether (sulfide) groups is 1. The van der Waals surface area contributed by atoms with E-state index in [0.717, 1.165) is 25.1 Å². The first-order chi connectivity index (χ1) is 6.74. The van der Waals surface area contributed by atoms with Gasteiger partial charge in [-0.05, 0) is 25.1 Å². The van der Waals surface area contributed by atoms with E-state index in [4.69, 9.17) is 10.4 Å². The lowest BCUT2D eigenvalue weighted by atomic mass is 10.2. The highest BCUT2D eigenvalue weighted by Crippen LogP contribution is 2.11. The van der Waals surface area contributed by atoms with Crippen LogP contribution >= 0.6 is 11.8 Å². The minimum Gasteiger partial charge on any atom is -0.395 e. The van der Waals surface area contributed by atoms with Crippen LogP contribution in [-0.2, 0) is 0 Å². The molecule has 0 aromatic rings. The van der Waals surface area contributed by atoms with E-state index in [1.165, 1.54) is 0 Å². The molecular weight excluding hydrogens is 196 g/mol. The van der Waals surface area contributed by atoms with Gasteiger partial charge in [0.05, 0.1) is 18.7 Å². The SMILES string of the molecule is CCCNC(C#N)CCSC(C)CO. The van der Waals surface area contributed by atoms with Gasteiger partial charge in [0.2, 0.25) is 0 Å². The number of nitrogens with zero attached hydrogens (tertiary/aromatic N) is 1. The standard InChI is InChI=1S/C10H20N2OS/c1-3-5-12-10(7-11)4-6-14-9(2)8-13/h9-10,12-13H,3-6,8H2,1-2H3. The fourth-order valence-electron chi connectivity index (χ4n) is 0.971. The second kappa shape index (κ2) is 9.32. The molecule has 0 saturated carbocycles. The van der Waals surface area contributed by atoms with E-state index in [1.54, 1.807) is 11.8 Å². The lowest BCUT2D eigenvalue weighted by molar-refractivity contribution is 0.300. The van der Waals surface area contributed by atoms with Gasteiger partial charge < -0.3 is 10.4 Å². The van der Waals surface area contributed by atoms with Crippen LogP contribution in [-0.4, -0.2) is 35.3 Å². The molecule has 2 N–H and O–H groups in total. The average molecular weight is 216 g/mol. The highest BCUT2D eigenvalue weighted by molar-refractivity contribution is 7.99. The predicted molar refractivity (Wildman–Crippen MR) is 61.3 cm³/mol. The Morgan fingerprint density at radius 1 is 1.57 bits per heavy atom. The molecule has 4 heteroatoms. The van der Waals surface area contributed by atoms with E-state index in [9.17, 15) is 0 Å². The molecule has 0 aromatic carbocycles. The summed E-state index contributed by atoms with van der Waals surface area (Å²) >= 11 is 1.71. The summed E-state index contributed by atoms with van der Waals surface area (Å²) in [4.78, 5) is 0. The molecule has 0 rings (SSSR count). The van der Waals surface area contributed by atoms with Crippen molar-refractivity contribution in [3.63, 3.8) is 0 Å². The van der Waals surface area contributed by atoms with Crippen LogP contribution in [0.15, 0.2) is 0 Å². The normalized spacial score (nSPS) is 14.7. The molecule has 0 heterocycles. The van der Waals surface area contributed by atoms with Crippen LogP contribution in [0.4, 0.5) is 0 Å². The fourth-order valence-corrected chi connectivity index (χ4v) is 1.85. The third kappa shape index (κ3) is 7.19. The first kappa shape index (κ1) is 13.8. The number of rotatable bonds is 8.